The molecule has 3 heteroatoms. The summed E-state index contributed by atoms with van der Waals surface area (Å²) >= 11 is 0. The molecule has 1 atom stereocenters. The molecule has 0 amide bonds. The molecule has 0 aliphatic heterocycles. The first-order chi connectivity index (χ1) is 10.7. The van der Waals surface area contributed by atoms with Gasteiger partial charge in [-0.25, -0.2) is 4.39 Å². The van der Waals surface area contributed by atoms with E-state index in [4.69, 9.17) is 0 Å². The lowest BCUT2D eigenvalue weighted by Gasteiger charge is -2.29. The van der Waals surface area contributed by atoms with Gasteiger partial charge < -0.3 is 0 Å². The molecule has 0 N–H and O–H groups in total. The average molecular weight is 300 g/mol. The molecule has 0 spiro atoms. The number of nitrogens with zero attached hydrogens (tertiary/aromatic N) is 2. The first kappa shape index (κ1) is 16.6. The Hall–Kier alpha value is -1.74. The zero-order valence-electron chi connectivity index (χ0n) is 13.5. The maximum Gasteiger partial charge on any atom is 0.123 e. The maximum absolute atomic E-state index is 13.2. The number of aromatic nitrogens is 1. The summed E-state index contributed by atoms with van der Waals surface area (Å²) < 4.78 is 13.2. The number of hydrogen-bond acceptors (Lipinski definition) is 2. The van der Waals surface area contributed by atoms with E-state index < -0.39 is 0 Å². The Morgan fingerprint density at radius 3 is 2.45 bits per heavy atom. The summed E-state index contributed by atoms with van der Waals surface area (Å²) in [4.78, 5) is 6.57. The van der Waals surface area contributed by atoms with Crippen molar-refractivity contribution in [1.82, 2.24) is 9.88 Å². The first-order valence-corrected chi connectivity index (χ1v) is 8.08. The van der Waals surface area contributed by atoms with Gasteiger partial charge in [-0.1, -0.05) is 44.4 Å². The standard InChI is InChI=1S/C19H25FN2/c1-3-4-5-6-14-22(2)19(17-8-7-13-21-15-17)16-9-11-18(20)12-10-16/h7-13,15,19H,3-6,14H2,1-2H3. The summed E-state index contributed by atoms with van der Waals surface area (Å²) in [6.45, 7) is 3.25. The minimum absolute atomic E-state index is 0.121. The van der Waals surface area contributed by atoms with Crippen molar-refractivity contribution in [1.29, 1.82) is 0 Å². The highest BCUT2D eigenvalue weighted by atomic mass is 19.1. The molecule has 118 valence electrons. The second kappa shape index (κ2) is 8.64. The summed E-state index contributed by atoms with van der Waals surface area (Å²) in [5.74, 6) is -0.195. The third kappa shape index (κ3) is 4.63. The van der Waals surface area contributed by atoms with Crippen LogP contribution in [0.2, 0.25) is 0 Å². The highest BCUT2D eigenvalue weighted by molar-refractivity contribution is 5.30. The van der Waals surface area contributed by atoms with Crippen LogP contribution < -0.4 is 0 Å². The fourth-order valence-electron chi connectivity index (χ4n) is 2.80. The van der Waals surface area contributed by atoms with E-state index in [1.165, 1.54) is 37.8 Å². The zero-order chi connectivity index (χ0) is 15.8. The zero-order valence-corrected chi connectivity index (χ0v) is 13.5. The third-order valence-electron chi connectivity index (χ3n) is 3.99. The number of pyridine rings is 1. The van der Waals surface area contributed by atoms with Crippen LogP contribution in [0.4, 0.5) is 4.39 Å². The Morgan fingerprint density at radius 2 is 1.82 bits per heavy atom. The summed E-state index contributed by atoms with van der Waals surface area (Å²) in [7, 11) is 2.13. The highest BCUT2D eigenvalue weighted by Crippen LogP contribution is 2.27. The molecule has 0 saturated heterocycles. The van der Waals surface area contributed by atoms with E-state index in [0.717, 1.165) is 17.7 Å². The number of unbranched alkanes of at least 4 members (excludes halogenated alkanes) is 3. The number of hydrogen-bond donors (Lipinski definition) is 0. The van der Waals surface area contributed by atoms with Crippen LogP contribution in [0, 0.1) is 5.82 Å². The van der Waals surface area contributed by atoms with Gasteiger partial charge in [-0.15, -0.1) is 0 Å². The van der Waals surface area contributed by atoms with E-state index in [0.29, 0.717) is 0 Å². The maximum atomic E-state index is 13.2. The molecule has 2 aromatic rings. The lowest BCUT2D eigenvalue weighted by molar-refractivity contribution is 0.271. The summed E-state index contributed by atoms with van der Waals surface area (Å²) in [6.07, 6.45) is 8.64. The second-order valence-electron chi connectivity index (χ2n) is 5.78. The molecule has 1 unspecified atom stereocenters. The van der Waals surface area contributed by atoms with E-state index in [-0.39, 0.29) is 11.9 Å². The molecule has 22 heavy (non-hydrogen) atoms. The van der Waals surface area contributed by atoms with Gasteiger partial charge in [0.15, 0.2) is 0 Å². The van der Waals surface area contributed by atoms with Crippen molar-refractivity contribution in [3.63, 3.8) is 0 Å². The monoisotopic (exact) mass is 300 g/mol. The molecule has 0 fully saturated rings. The molecule has 0 bridgehead atoms. The van der Waals surface area contributed by atoms with Crippen LogP contribution in [0.3, 0.4) is 0 Å². The summed E-state index contributed by atoms with van der Waals surface area (Å²) in [5, 5.41) is 0. The molecule has 2 rings (SSSR count). The molecule has 1 aromatic carbocycles. The summed E-state index contributed by atoms with van der Waals surface area (Å²) in [6, 6.07) is 11.0. The van der Waals surface area contributed by atoms with E-state index in [9.17, 15) is 4.39 Å². The Labute approximate surface area is 133 Å². The minimum atomic E-state index is -0.195. The molecule has 0 aliphatic carbocycles. The van der Waals surface area contributed by atoms with Crippen LogP contribution in [0.25, 0.3) is 0 Å². The van der Waals surface area contributed by atoms with Gasteiger partial charge in [-0.05, 0) is 49.3 Å². The summed E-state index contributed by atoms with van der Waals surface area (Å²) in [5.41, 5.74) is 2.25. The normalized spacial score (nSPS) is 12.5. The van der Waals surface area contributed by atoms with E-state index in [1.54, 1.807) is 6.20 Å². The molecule has 0 saturated carbocycles. The van der Waals surface area contributed by atoms with E-state index >= 15 is 0 Å². The Balaban J connectivity index is 2.16. The van der Waals surface area contributed by atoms with Crippen molar-refractivity contribution < 1.29 is 4.39 Å². The van der Waals surface area contributed by atoms with E-state index in [2.05, 4.69) is 29.9 Å². The molecular weight excluding hydrogens is 275 g/mol. The fraction of sp³-hybridized carbons (Fsp3) is 0.421. The average Bonchev–Trinajstić information content (AvgIpc) is 2.55. The van der Waals surface area contributed by atoms with Gasteiger partial charge in [-0.3, -0.25) is 9.88 Å². The van der Waals surface area contributed by atoms with Gasteiger partial charge in [0.25, 0.3) is 0 Å². The lowest BCUT2D eigenvalue weighted by atomic mass is 9.98. The molecule has 1 aromatic heterocycles. The van der Waals surface area contributed by atoms with Gasteiger partial charge in [-0.2, -0.15) is 0 Å². The van der Waals surface area contributed by atoms with Crippen molar-refractivity contribution in [3.8, 4) is 0 Å². The van der Waals surface area contributed by atoms with Crippen molar-refractivity contribution >= 4 is 0 Å². The number of halogens is 1. The van der Waals surface area contributed by atoms with Crippen LogP contribution in [0.1, 0.15) is 49.8 Å². The van der Waals surface area contributed by atoms with Crippen LogP contribution in [0.5, 0.6) is 0 Å². The Bertz CT molecular complexity index is 539. The van der Waals surface area contributed by atoms with Gasteiger partial charge in [0.1, 0.15) is 5.82 Å². The smallest absolute Gasteiger partial charge is 0.123 e. The van der Waals surface area contributed by atoms with Gasteiger partial charge >= 0.3 is 0 Å². The van der Waals surface area contributed by atoms with Crippen molar-refractivity contribution in [2.45, 2.75) is 38.6 Å². The van der Waals surface area contributed by atoms with Gasteiger partial charge in [0, 0.05) is 12.4 Å². The predicted molar refractivity (Wildman–Crippen MR) is 89.3 cm³/mol. The largest absolute Gasteiger partial charge is 0.295 e. The fourth-order valence-corrected chi connectivity index (χ4v) is 2.80. The predicted octanol–water partition coefficient (Wildman–Crippen LogP) is 4.82. The van der Waals surface area contributed by atoms with Crippen LogP contribution in [0.15, 0.2) is 48.8 Å². The molecule has 1 heterocycles. The Kier molecular flexibility index (Phi) is 6.53. The highest BCUT2D eigenvalue weighted by Gasteiger charge is 2.19. The van der Waals surface area contributed by atoms with Gasteiger partial charge in [0.2, 0.25) is 0 Å². The topological polar surface area (TPSA) is 16.1 Å². The third-order valence-corrected chi connectivity index (χ3v) is 3.99. The molecular formula is C19H25FN2. The lowest BCUT2D eigenvalue weighted by Crippen LogP contribution is -2.26. The quantitative estimate of drug-likeness (QED) is 0.650. The SMILES string of the molecule is CCCCCCN(C)C(c1ccc(F)cc1)c1cccnc1. The minimum Gasteiger partial charge on any atom is -0.295 e. The van der Waals surface area contributed by atoms with Gasteiger partial charge in [0.05, 0.1) is 6.04 Å². The van der Waals surface area contributed by atoms with Crippen LogP contribution >= 0.6 is 0 Å². The Morgan fingerprint density at radius 1 is 1.05 bits per heavy atom. The number of rotatable bonds is 8. The van der Waals surface area contributed by atoms with Crippen LogP contribution in [-0.2, 0) is 0 Å². The van der Waals surface area contributed by atoms with Crippen LogP contribution in [-0.4, -0.2) is 23.5 Å². The van der Waals surface area contributed by atoms with Crippen molar-refractivity contribution in [2.24, 2.45) is 0 Å². The molecule has 0 radical (unpaired) electrons. The molecule has 2 nitrogen and oxygen atoms in total. The van der Waals surface area contributed by atoms with Crippen molar-refractivity contribution in [2.75, 3.05) is 13.6 Å². The number of benzene rings is 1. The first-order valence-electron chi connectivity index (χ1n) is 8.08. The second-order valence-corrected chi connectivity index (χ2v) is 5.78. The van der Waals surface area contributed by atoms with Crippen molar-refractivity contribution in [3.05, 3.63) is 65.7 Å². The molecule has 0 aliphatic rings. The van der Waals surface area contributed by atoms with E-state index in [1.807, 2.05) is 24.4 Å².